The number of hydrogen-bond acceptors (Lipinski definition) is 4. The molecule has 7 heteroatoms. The molecule has 25 heavy (non-hydrogen) atoms. The standard InChI is InChI=1S/C18H17N5O2/c24-17(13-3-4-15-16(10-13)21-12-20-15)22-6-8-23(9-7-22)18(25)14-2-1-5-19-11-14/h1-5,10-12H,6-9H2,(H,20,21). The Morgan fingerprint density at radius 1 is 0.960 bits per heavy atom. The number of benzene rings is 1. The molecule has 126 valence electrons. The van der Waals surface area contributed by atoms with Crippen LogP contribution in [-0.4, -0.2) is 62.7 Å². The Hall–Kier alpha value is -3.22. The number of amides is 2. The maximum Gasteiger partial charge on any atom is 0.255 e. The molecule has 4 rings (SSSR count). The van der Waals surface area contributed by atoms with Crippen LogP contribution >= 0.6 is 0 Å². The highest BCUT2D eigenvalue weighted by atomic mass is 16.2. The van der Waals surface area contributed by atoms with Gasteiger partial charge in [0.25, 0.3) is 11.8 Å². The van der Waals surface area contributed by atoms with Gasteiger partial charge in [-0.3, -0.25) is 14.6 Å². The minimum absolute atomic E-state index is 0.0232. The monoisotopic (exact) mass is 335 g/mol. The third-order valence-corrected chi connectivity index (χ3v) is 4.43. The van der Waals surface area contributed by atoms with Crippen LogP contribution in [0.2, 0.25) is 0 Å². The Morgan fingerprint density at radius 2 is 1.68 bits per heavy atom. The molecule has 0 saturated carbocycles. The molecule has 0 unspecified atom stereocenters. The first kappa shape index (κ1) is 15.3. The van der Waals surface area contributed by atoms with Gasteiger partial charge in [-0.2, -0.15) is 0 Å². The normalized spacial score (nSPS) is 14.7. The van der Waals surface area contributed by atoms with Crippen molar-refractivity contribution < 1.29 is 9.59 Å². The topological polar surface area (TPSA) is 82.2 Å². The first-order valence-electron chi connectivity index (χ1n) is 8.14. The number of H-pyrrole nitrogens is 1. The fraction of sp³-hybridized carbons (Fsp3) is 0.222. The highest BCUT2D eigenvalue weighted by Crippen LogP contribution is 2.15. The van der Waals surface area contributed by atoms with E-state index in [1.807, 2.05) is 12.1 Å². The van der Waals surface area contributed by atoms with E-state index in [2.05, 4.69) is 15.0 Å². The summed E-state index contributed by atoms with van der Waals surface area (Å²) in [5, 5.41) is 0. The van der Waals surface area contributed by atoms with Crippen molar-refractivity contribution in [1.82, 2.24) is 24.8 Å². The van der Waals surface area contributed by atoms with Crippen molar-refractivity contribution in [3.8, 4) is 0 Å². The van der Waals surface area contributed by atoms with E-state index >= 15 is 0 Å². The predicted octanol–water partition coefficient (Wildman–Crippen LogP) is 1.56. The molecule has 7 nitrogen and oxygen atoms in total. The summed E-state index contributed by atoms with van der Waals surface area (Å²) in [6.45, 7) is 2.08. The fourth-order valence-corrected chi connectivity index (χ4v) is 3.04. The predicted molar refractivity (Wildman–Crippen MR) is 92.1 cm³/mol. The van der Waals surface area contributed by atoms with Gasteiger partial charge in [-0.25, -0.2) is 4.98 Å². The Labute approximate surface area is 144 Å². The third kappa shape index (κ3) is 2.96. The van der Waals surface area contributed by atoms with E-state index in [-0.39, 0.29) is 11.8 Å². The molecule has 0 atom stereocenters. The van der Waals surface area contributed by atoms with Crippen LogP contribution in [0, 0.1) is 0 Å². The van der Waals surface area contributed by atoms with Crippen LogP contribution in [0.4, 0.5) is 0 Å². The minimum atomic E-state index is -0.0425. The zero-order chi connectivity index (χ0) is 17.2. The first-order chi connectivity index (χ1) is 12.2. The summed E-state index contributed by atoms with van der Waals surface area (Å²) in [5.41, 5.74) is 2.88. The number of carbonyl (C=O) groups excluding carboxylic acids is 2. The second-order valence-corrected chi connectivity index (χ2v) is 5.96. The number of fused-ring (bicyclic) bond motifs is 1. The Morgan fingerprint density at radius 3 is 2.36 bits per heavy atom. The second-order valence-electron chi connectivity index (χ2n) is 5.96. The molecule has 0 bridgehead atoms. The van der Waals surface area contributed by atoms with Crippen molar-refractivity contribution in [3.05, 3.63) is 60.2 Å². The molecule has 0 spiro atoms. The SMILES string of the molecule is O=C(c1cccnc1)N1CCN(C(=O)c2ccc3nc[nH]c3c2)CC1. The van der Waals surface area contributed by atoms with Crippen molar-refractivity contribution in [2.45, 2.75) is 0 Å². The number of aromatic amines is 1. The van der Waals surface area contributed by atoms with E-state index in [4.69, 9.17) is 0 Å². The molecule has 2 amide bonds. The third-order valence-electron chi connectivity index (χ3n) is 4.43. The zero-order valence-corrected chi connectivity index (χ0v) is 13.6. The van der Waals surface area contributed by atoms with E-state index < -0.39 is 0 Å². The van der Waals surface area contributed by atoms with Crippen LogP contribution in [0.25, 0.3) is 11.0 Å². The number of aromatic nitrogens is 3. The number of imidazole rings is 1. The average molecular weight is 335 g/mol. The molecule has 3 heterocycles. The molecule has 1 aliphatic rings. The molecule has 1 saturated heterocycles. The van der Waals surface area contributed by atoms with Crippen molar-refractivity contribution in [3.63, 3.8) is 0 Å². The van der Waals surface area contributed by atoms with Crippen molar-refractivity contribution in [1.29, 1.82) is 0 Å². The van der Waals surface area contributed by atoms with E-state index in [9.17, 15) is 9.59 Å². The summed E-state index contributed by atoms with van der Waals surface area (Å²) in [6.07, 6.45) is 4.82. The Bertz CT molecular complexity index is 913. The van der Waals surface area contributed by atoms with Gasteiger partial charge in [0.15, 0.2) is 0 Å². The second kappa shape index (κ2) is 6.35. The summed E-state index contributed by atoms with van der Waals surface area (Å²) >= 11 is 0. The van der Waals surface area contributed by atoms with Gasteiger partial charge in [0.1, 0.15) is 0 Å². The van der Waals surface area contributed by atoms with E-state index in [1.165, 1.54) is 0 Å². The fourth-order valence-electron chi connectivity index (χ4n) is 3.04. The van der Waals surface area contributed by atoms with Gasteiger partial charge in [0.05, 0.1) is 22.9 Å². The number of carbonyl (C=O) groups is 2. The Balaban J connectivity index is 1.42. The average Bonchev–Trinajstić information content (AvgIpc) is 3.15. The van der Waals surface area contributed by atoms with E-state index in [0.29, 0.717) is 37.3 Å². The first-order valence-corrected chi connectivity index (χ1v) is 8.14. The number of nitrogens with one attached hydrogen (secondary N) is 1. The molecule has 1 aliphatic heterocycles. The number of rotatable bonds is 2. The van der Waals surface area contributed by atoms with Gasteiger partial charge >= 0.3 is 0 Å². The summed E-state index contributed by atoms with van der Waals surface area (Å²) in [7, 11) is 0. The molecular formula is C18H17N5O2. The number of pyridine rings is 1. The van der Waals surface area contributed by atoms with Gasteiger partial charge in [0, 0.05) is 44.1 Å². The van der Waals surface area contributed by atoms with Gasteiger partial charge < -0.3 is 14.8 Å². The van der Waals surface area contributed by atoms with Crippen LogP contribution in [0.3, 0.4) is 0 Å². The number of hydrogen-bond donors (Lipinski definition) is 1. The molecule has 0 aliphatic carbocycles. The summed E-state index contributed by atoms with van der Waals surface area (Å²) < 4.78 is 0. The molecule has 1 N–H and O–H groups in total. The minimum Gasteiger partial charge on any atom is -0.345 e. The molecule has 0 radical (unpaired) electrons. The van der Waals surface area contributed by atoms with Crippen LogP contribution in [0.1, 0.15) is 20.7 Å². The zero-order valence-electron chi connectivity index (χ0n) is 13.6. The lowest BCUT2D eigenvalue weighted by Crippen LogP contribution is -2.50. The molecular weight excluding hydrogens is 318 g/mol. The summed E-state index contributed by atoms with van der Waals surface area (Å²) in [5.74, 6) is -0.0657. The van der Waals surface area contributed by atoms with Crippen LogP contribution in [0.15, 0.2) is 49.1 Å². The number of nitrogens with zero attached hydrogens (tertiary/aromatic N) is 4. The van der Waals surface area contributed by atoms with E-state index in [0.717, 1.165) is 11.0 Å². The largest absolute Gasteiger partial charge is 0.345 e. The molecule has 2 aromatic heterocycles. The maximum atomic E-state index is 12.7. The lowest BCUT2D eigenvalue weighted by atomic mass is 10.1. The quantitative estimate of drug-likeness (QED) is 0.770. The smallest absolute Gasteiger partial charge is 0.255 e. The lowest BCUT2D eigenvalue weighted by Gasteiger charge is -2.34. The van der Waals surface area contributed by atoms with Crippen LogP contribution in [0.5, 0.6) is 0 Å². The van der Waals surface area contributed by atoms with Gasteiger partial charge in [-0.05, 0) is 30.3 Å². The van der Waals surface area contributed by atoms with Crippen LogP contribution in [-0.2, 0) is 0 Å². The lowest BCUT2D eigenvalue weighted by molar-refractivity contribution is 0.0535. The Kier molecular flexibility index (Phi) is 3.89. The van der Waals surface area contributed by atoms with Crippen molar-refractivity contribution in [2.24, 2.45) is 0 Å². The number of piperazine rings is 1. The van der Waals surface area contributed by atoms with Crippen molar-refractivity contribution >= 4 is 22.8 Å². The summed E-state index contributed by atoms with van der Waals surface area (Å²) in [4.78, 5) is 39.8. The maximum absolute atomic E-state index is 12.7. The highest BCUT2D eigenvalue weighted by molar-refractivity contribution is 5.98. The summed E-state index contributed by atoms with van der Waals surface area (Å²) in [6, 6.07) is 8.95. The van der Waals surface area contributed by atoms with Crippen molar-refractivity contribution in [2.75, 3.05) is 26.2 Å². The van der Waals surface area contributed by atoms with Gasteiger partial charge in [-0.15, -0.1) is 0 Å². The van der Waals surface area contributed by atoms with Gasteiger partial charge in [-0.1, -0.05) is 0 Å². The molecule has 3 aromatic rings. The van der Waals surface area contributed by atoms with Crippen LogP contribution < -0.4 is 0 Å². The van der Waals surface area contributed by atoms with Gasteiger partial charge in [0.2, 0.25) is 0 Å². The molecule has 1 aromatic carbocycles. The highest BCUT2D eigenvalue weighted by Gasteiger charge is 2.25. The molecule has 1 fully saturated rings. The van der Waals surface area contributed by atoms with E-state index in [1.54, 1.807) is 46.7 Å².